The van der Waals surface area contributed by atoms with Crippen molar-refractivity contribution in [3.8, 4) is 0 Å². The molecule has 0 aliphatic carbocycles. The third-order valence-electron chi connectivity index (χ3n) is 4.98. The van der Waals surface area contributed by atoms with Gasteiger partial charge in [0.15, 0.2) is 0 Å². The van der Waals surface area contributed by atoms with Crippen LogP contribution in [0.2, 0.25) is 0 Å². The summed E-state index contributed by atoms with van der Waals surface area (Å²) in [6, 6.07) is -0.689. The number of urea groups is 1. The molecular weight excluding hydrogens is 268 g/mol. The lowest BCUT2D eigenvalue weighted by Crippen LogP contribution is -2.51. The Kier molecular flexibility index (Phi) is 5.88. The number of carbonyl (C=O) groups is 2. The van der Waals surface area contributed by atoms with Crippen LogP contribution in [0.1, 0.15) is 58.3 Å². The molecule has 2 heterocycles. The quantitative estimate of drug-likeness (QED) is 0.852. The topological polar surface area (TPSA) is 60.9 Å². The predicted molar refractivity (Wildman–Crippen MR) is 81.2 cm³/mol. The van der Waals surface area contributed by atoms with Crippen LogP contribution in [-0.4, -0.2) is 52.6 Å². The maximum Gasteiger partial charge on any atom is 0.326 e. The van der Waals surface area contributed by atoms with E-state index in [1.807, 2.05) is 4.90 Å². The van der Waals surface area contributed by atoms with Gasteiger partial charge in [-0.2, -0.15) is 0 Å². The van der Waals surface area contributed by atoms with Gasteiger partial charge >= 0.3 is 12.0 Å². The fourth-order valence-electron chi connectivity index (χ4n) is 3.54. The van der Waals surface area contributed by atoms with E-state index in [-0.39, 0.29) is 6.03 Å². The summed E-state index contributed by atoms with van der Waals surface area (Å²) < 4.78 is 0. The van der Waals surface area contributed by atoms with Gasteiger partial charge in [-0.3, -0.25) is 0 Å². The number of carbonyl (C=O) groups excluding carboxylic acids is 1. The van der Waals surface area contributed by atoms with Crippen molar-refractivity contribution < 1.29 is 14.7 Å². The molecule has 2 atom stereocenters. The lowest BCUT2D eigenvalue weighted by molar-refractivity contribution is -0.142. The van der Waals surface area contributed by atoms with Crippen LogP contribution in [0.15, 0.2) is 0 Å². The number of rotatable bonds is 2. The third kappa shape index (κ3) is 4.11. The van der Waals surface area contributed by atoms with Gasteiger partial charge in [0.2, 0.25) is 0 Å². The maximum atomic E-state index is 12.8. The van der Waals surface area contributed by atoms with Gasteiger partial charge in [0, 0.05) is 19.6 Å². The number of nitrogens with zero attached hydrogens (tertiary/aromatic N) is 2. The number of aliphatic carboxylic acids is 1. The average Bonchev–Trinajstić information content (AvgIpc) is 2.86. The van der Waals surface area contributed by atoms with Gasteiger partial charge in [0.25, 0.3) is 0 Å². The van der Waals surface area contributed by atoms with E-state index in [2.05, 4.69) is 6.92 Å². The molecule has 2 aliphatic rings. The average molecular weight is 296 g/mol. The smallest absolute Gasteiger partial charge is 0.326 e. The Morgan fingerprint density at radius 1 is 1.00 bits per heavy atom. The summed E-state index contributed by atoms with van der Waals surface area (Å²) >= 11 is 0. The molecule has 2 amide bonds. The molecule has 2 rings (SSSR count). The molecule has 21 heavy (non-hydrogen) atoms. The van der Waals surface area contributed by atoms with Crippen LogP contribution in [0.25, 0.3) is 0 Å². The third-order valence-corrected chi connectivity index (χ3v) is 4.98. The number of likely N-dealkylation sites (tertiary alicyclic amines) is 2. The zero-order valence-electron chi connectivity index (χ0n) is 13.1. The van der Waals surface area contributed by atoms with Crippen molar-refractivity contribution in [3.05, 3.63) is 0 Å². The molecule has 5 nitrogen and oxygen atoms in total. The number of hydrogen-bond acceptors (Lipinski definition) is 2. The highest BCUT2D eigenvalue weighted by Gasteiger charge is 2.33. The van der Waals surface area contributed by atoms with E-state index in [0.717, 1.165) is 45.2 Å². The first kappa shape index (κ1) is 16.1. The highest BCUT2D eigenvalue weighted by molar-refractivity contribution is 5.82. The molecule has 2 aliphatic heterocycles. The molecule has 0 spiro atoms. The second-order valence-electron chi connectivity index (χ2n) is 6.37. The standard InChI is InChI=1S/C16H28N2O3/c1-2-13-7-6-10-17(12-9-13)16(21)18-11-5-3-4-8-14(18)15(19)20/h13-14H,2-12H2,1H3,(H,19,20). The molecule has 120 valence electrons. The van der Waals surface area contributed by atoms with Crippen LogP contribution < -0.4 is 0 Å². The number of amides is 2. The van der Waals surface area contributed by atoms with E-state index in [1.165, 1.54) is 12.8 Å². The first-order chi connectivity index (χ1) is 10.1. The second kappa shape index (κ2) is 7.66. The van der Waals surface area contributed by atoms with E-state index in [4.69, 9.17) is 0 Å². The van der Waals surface area contributed by atoms with Gasteiger partial charge in [-0.25, -0.2) is 9.59 Å². The number of carboxylic acid groups (broad SMARTS) is 1. The lowest BCUT2D eigenvalue weighted by Gasteiger charge is -2.32. The number of carboxylic acids is 1. The second-order valence-corrected chi connectivity index (χ2v) is 6.37. The molecule has 0 saturated carbocycles. The van der Waals surface area contributed by atoms with Crippen LogP contribution >= 0.6 is 0 Å². The molecule has 2 unspecified atom stereocenters. The Balaban J connectivity index is 2.03. The molecule has 2 fully saturated rings. The first-order valence-corrected chi connectivity index (χ1v) is 8.41. The van der Waals surface area contributed by atoms with Crippen molar-refractivity contribution in [1.29, 1.82) is 0 Å². The van der Waals surface area contributed by atoms with E-state index in [9.17, 15) is 14.7 Å². The predicted octanol–water partition coefficient (Wildman–Crippen LogP) is 2.95. The zero-order valence-corrected chi connectivity index (χ0v) is 13.1. The van der Waals surface area contributed by atoms with E-state index >= 15 is 0 Å². The van der Waals surface area contributed by atoms with E-state index in [0.29, 0.717) is 18.9 Å². The summed E-state index contributed by atoms with van der Waals surface area (Å²) in [7, 11) is 0. The molecule has 0 aromatic carbocycles. The Morgan fingerprint density at radius 2 is 1.81 bits per heavy atom. The molecule has 0 aromatic rings. The molecule has 5 heteroatoms. The summed E-state index contributed by atoms with van der Waals surface area (Å²) in [5.74, 6) is -0.145. The summed E-state index contributed by atoms with van der Waals surface area (Å²) in [5.41, 5.74) is 0. The molecule has 0 aromatic heterocycles. The van der Waals surface area contributed by atoms with Crippen LogP contribution in [0.4, 0.5) is 4.79 Å². The van der Waals surface area contributed by atoms with Crippen molar-refractivity contribution >= 4 is 12.0 Å². The van der Waals surface area contributed by atoms with Crippen molar-refractivity contribution in [2.45, 2.75) is 64.3 Å². The molecule has 0 bridgehead atoms. The monoisotopic (exact) mass is 296 g/mol. The fraction of sp³-hybridized carbons (Fsp3) is 0.875. The van der Waals surface area contributed by atoms with Gasteiger partial charge in [-0.05, 0) is 38.0 Å². The number of hydrogen-bond donors (Lipinski definition) is 1. The van der Waals surface area contributed by atoms with Gasteiger partial charge in [-0.1, -0.05) is 26.2 Å². The lowest BCUT2D eigenvalue weighted by atomic mass is 9.98. The Morgan fingerprint density at radius 3 is 2.52 bits per heavy atom. The summed E-state index contributed by atoms with van der Waals surface area (Å²) in [5, 5.41) is 9.40. The molecular formula is C16H28N2O3. The largest absolute Gasteiger partial charge is 0.480 e. The summed E-state index contributed by atoms with van der Waals surface area (Å²) in [6.45, 7) is 4.35. The minimum Gasteiger partial charge on any atom is -0.480 e. The van der Waals surface area contributed by atoms with Crippen molar-refractivity contribution in [3.63, 3.8) is 0 Å². The van der Waals surface area contributed by atoms with Gasteiger partial charge < -0.3 is 14.9 Å². The van der Waals surface area contributed by atoms with Crippen molar-refractivity contribution in [1.82, 2.24) is 9.80 Å². The SMILES string of the molecule is CCC1CCCN(C(=O)N2CCCCCC2C(=O)O)CC1. The normalized spacial score (nSPS) is 27.9. The Bertz CT molecular complexity index is 373. The Hall–Kier alpha value is -1.26. The minimum absolute atomic E-state index is 0.0546. The molecule has 1 N–H and O–H groups in total. The minimum atomic E-state index is -0.855. The van der Waals surface area contributed by atoms with Gasteiger partial charge in [-0.15, -0.1) is 0 Å². The summed E-state index contributed by atoms with van der Waals surface area (Å²) in [6.07, 6.45) is 7.87. The van der Waals surface area contributed by atoms with Crippen LogP contribution in [0.5, 0.6) is 0 Å². The fourth-order valence-corrected chi connectivity index (χ4v) is 3.54. The van der Waals surface area contributed by atoms with Gasteiger partial charge in [0.1, 0.15) is 6.04 Å². The maximum absolute atomic E-state index is 12.8. The van der Waals surface area contributed by atoms with E-state index in [1.54, 1.807) is 4.90 Å². The summed E-state index contributed by atoms with van der Waals surface area (Å²) in [4.78, 5) is 27.7. The zero-order chi connectivity index (χ0) is 15.2. The molecule has 2 saturated heterocycles. The highest BCUT2D eigenvalue weighted by atomic mass is 16.4. The van der Waals surface area contributed by atoms with Crippen LogP contribution in [0.3, 0.4) is 0 Å². The van der Waals surface area contributed by atoms with Crippen LogP contribution in [-0.2, 0) is 4.79 Å². The van der Waals surface area contributed by atoms with Crippen molar-refractivity contribution in [2.24, 2.45) is 5.92 Å². The van der Waals surface area contributed by atoms with E-state index < -0.39 is 12.0 Å². The van der Waals surface area contributed by atoms with Crippen LogP contribution in [0, 0.1) is 5.92 Å². The molecule has 0 radical (unpaired) electrons. The highest BCUT2D eigenvalue weighted by Crippen LogP contribution is 2.23. The first-order valence-electron chi connectivity index (χ1n) is 8.41. The van der Waals surface area contributed by atoms with Gasteiger partial charge in [0.05, 0.1) is 0 Å². The Labute approximate surface area is 127 Å². The van der Waals surface area contributed by atoms with Crippen molar-refractivity contribution in [2.75, 3.05) is 19.6 Å².